The number of H-pyrrole nitrogens is 2. The highest BCUT2D eigenvalue weighted by Gasteiger charge is 2.25. The van der Waals surface area contributed by atoms with E-state index in [0.29, 0.717) is 0 Å². The molecule has 11 heteroatoms. The van der Waals surface area contributed by atoms with Gasteiger partial charge in [0, 0.05) is 83.8 Å². The summed E-state index contributed by atoms with van der Waals surface area (Å²) >= 11 is 3.51. The molecule has 20 aromatic rings. The van der Waals surface area contributed by atoms with Crippen LogP contribution in [0.1, 0.15) is 120 Å². The topological polar surface area (TPSA) is 124 Å². The summed E-state index contributed by atoms with van der Waals surface area (Å²) in [6, 6.07) is 115. The number of nitrogens with two attached hydrogens (primary N) is 1. The second-order valence-corrected chi connectivity index (χ2v) is 36.5. The van der Waals surface area contributed by atoms with Gasteiger partial charge in [0.05, 0.1) is 55.5 Å². The minimum absolute atomic E-state index is 0. The van der Waals surface area contributed by atoms with E-state index in [1.54, 1.807) is 0 Å². The number of hydrogen-bond donors (Lipinski definition) is 4. The Kier molecular flexibility index (Phi) is 22.5. The normalized spacial score (nSPS) is 11.8. The highest BCUT2D eigenvalue weighted by atomic mass is 79.9. The van der Waals surface area contributed by atoms with Crippen LogP contribution in [0, 0.1) is 0 Å². The van der Waals surface area contributed by atoms with Crippen LogP contribution in [0.25, 0.3) is 142 Å². The highest BCUT2D eigenvalue weighted by molar-refractivity contribution is 9.10. The van der Waals surface area contributed by atoms with Gasteiger partial charge in [0.2, 0.25) is 0 Å². The van der Waals surface area contributed by atoms with Crippen LogP contribution >= 0.6 is 15.9 Å². The predicted octanol–water partition coefficient (Wildman–Crippen LogP) is 32.3. The first-order chi connectivity index (χ1) is 58.4. The first kappa shape index (κ1) is 82.9. The van der Waals surface area contributed by atoms with Crippen molar-refractivity contribution in [2.24, 2.45) is 0 Å². The minimum Gasteiger partial charge on any atom is -0.457 e. The number of aromatic amines is 2. The van der Waals surface area contributed by atoms with Crippen molar-refractivity contribution >= 4 is 163 Å². The maximum atomic E-state index is 6.69. The summed E-state index contributed by atoms with van der Waals surface area (Å²) in [5, 5.41) is 22.8. The van der Waals surface area contributed by atoms with E-state index < -0.39 is 0 Å². The summed E-state index contributed by atoms with van der Waals surface area (Å²) in [5.41, 5.74) is 22.7. The largest absolute Gasteiger partial charge is 0.457 e. The summed E-state index contributed by atoms with van der Waals surface area (Å²) in [5.74, 6) is 4.88. The number of nitrogen functional groups attached to an aromatic ring is 1. The first-order valence-corrected chi connectivity index (χ1v) is 42.4. The second-order valence-electron chi connectivity index (χ2n) is 35.6. The summed E-state index contributed by atoms with van der Waals surface area (Å²) in [6.45, 7) is 27.0. The molecule has 0 bridgehead atoms. The van der Waals surface area contributed by atoms with E-state index in [9.17, 15) is 0 Å². The Morgan fingerprint density at radius 3 is 1.05 bits per heavy atom. The van der Waals surface area contributed by atoms with Gasteiger partial charge < -0.3 is 30.5 Å². The van der Waals surface area contributed by atoms with Crippen LogP contribution in [-0.4, -0.2) is 29.1 Å². The zero-order valence-electron chi connectivity index (χ0n) is 70.4. The average Bonchev–Trinajstić information content (AvgIpc) is 1.52. The molecule has 0 amide bonds. The Labute approximate surface area is 728 Å². The Hall–Kier alpha value is -13.7. The molecule has 20 rings (SSSR count). The molecule has 10 nitrogen and oxygen atoms in total. The van der Waals surface area contributed by atoms with E-state index in [2.05, 4.69) is 396 Å². The zero-order chi connectivity index (χ0) is 83.6. The fourth-order valence-electron chi connectivity index (χ4n) is 17.2. The molecule has 0 saturated heterocycles. The standard InChI is InChI=1S/C55H48N4O.C28H26N2.C27H23BrN2O.2CH4/c1-54(2,3)35-30-31-56-51(32-35)59-49-27-12-11-22-43(49)44-29-28-38(34-50(44)59)60-37-17-13-16-36(33-37)57-48-26-15-24-46-42-21-10-8-19-40(42)39-18-7-9-20-41(39)45-23-14-25-47(55(4,5)6)52(45)58-53(46)48;1-28(2,3)24-16-8-14-22-20-12-6-4-10-18(20)19-11-5-7-13-21(19)23-15-9-17-25(29)27(23)30-26(22)24;1-27(2,3)18-13-14-29-26(15-18)30-24-10-5-4-9-22(24)23-12-11-21(17-25(23)30)31-20-8-6-7-19(28)16-20;;/h7-34,57-58H,1-6H3;4-17,30H,29H2,1-3H3;4-17H,1-3H3;2*1H4. The van der Waals surface area contributed by atoms with E-state index in [1.165, 1.54) is 92.3 Å². The molecule has 612 valence electrons. The lowest BCUT2D eigenvalue weighted by Gasteiger charge is -2.21. The number of nitrogens with one attached hydrogen (secondary N) is 3. The lowest BCUT2D eigenvalue weighted by atomic mass is 9.85. The molecular formula is C112H105BrN8O2. The molecule has 0 atom stereocenters. The molecule has 0 aliphatic rings. The summed E-state index contributed by atoms with van der Waals surface area (Å²) in [6.07, 6.45) is 3.82. The van der Waals surface area contributed by atoms with Gasteiger partial charge in [0.1, 0.15) is 34.6 Å². The molecular weight excluding hydrogens is 1570 g/mol. The van der Waals surface area contributed by atoms with Gasteiger partial charge in [-0.1, -0.05) is 320 Å². The number of rotatable bonds is 8. The van der Waals surface area contributed by atoms with Crippen molar-refractivity contribution in [1.82, 2.24) is 29.1 Å². The third-order valence-electron chi connectivity index (χ3n) is 23.2. The van der Waals surface area contributed by atoms with Gasteiger partial charge in [-0.05, 0) is 190 Å². The van der Waals surface area contributed by atoms with E-state index in [1.807, 2.05) is 67.0 Å². The summed E-state index contributed by atoms with van der Waals surface area (Å²) in [4.78, 5) is 17.4. The Bertz CT molecular complexity index is 7600. The molecule has 0 unspecified atom stereocenters. The van der Waals surface area contributed by atoms with Crippen LogP contribution in [0.5, 0.6) is 23.0 Å². The highest BCUT2D eigenvalue weighted by Crippen LogP contribution is 2.44. The van der Waals surface area contributed by atoms with Gasteiger partial charge in [0.25, 0.3) is 0 Å². The monoisotopic (exact) mass is 1670 g/mol. The molecule has 6 aromatic heterocycles. The second kappa shape index (κ2) is 33.3. The minimum atomic E-state index is -0.104. The van der Waals surface area contributed by atoms with Crippen LogP contribution < -0.4 is 20.5 Å². The van der Waals surface area contributed by atoms with Crippen molar-refractivity contribution < 1.29 is 9.47 Å². The number of pyridine rings is 2. The fraction of sp³-hybridized carbons (Fsp3) is 0.161. The molecule has 14 aromatic carbocycles. The number of ether oxygens (including phenoxy) is 2. The van der Waals surface area contributed by atoms with Crippen molar-refractivity contribution in [2.45, 2.75) is 120 Å². The van der Waals surface area contributed by atoms with Crippen LogP contribution in [0.15, 0.2) is 344 Å². The number of fused-ring (bicyclic) bond motifs is 20. The summed E-state index contributed by atoms with van der Waals surface area (Å²) < 4.78 is 18.3. The van der Waals surface area contributed by atoms with Gasteiger partial charge >= 0.3 is 0 Å². The van der Waals surface area contributed by atoms with Gasteiger partial charge in [-0.15, -0.1) is 0 Å². The molecule has 0 spiro atoms. The van der Waals surface area contributed by atoms with Crippen molar-refractivity contribution in [3.8, 4) is 34.6 Å². The van der Waals surface area contributed by atoms with Crippen molar-refractivity contribution in [2.75, 3.05) is 11.1 Å². The third kappa shape index (κ3) is 16.3. The number of anilines is 3. The van der Waals surface area contributed by atoms with E-state index in [0.717, 1.165) is 116 Å². The van der Waals surface area contributed by atoms with Crippen LogP contribution in [-0.2, 0) is 21.7 Å². The summed E-state index contributed by atoms with van der Waals surface area (Å²) in [7, 11) is 0. The van der Waals surface area contributed by atoms with Crippen LogP contribution in [0.4, 0.5) is 17.1 Å². The Balaban J connectivity index is 0.000000149. The number of benzene rings is 14. The first-order valence-electron chi connectivity index (χ1n) is 41.6. The van der Waals surface area contributed by atoms with Crippen molar-refractivity contribution in [3.05, 3.63) is 367 Å². The van der Waals surface area contributed by atoms with E-state index in [4.69, 9.17) is 25.2 Å². The molecule has 6 heterocycles. The smallest absolute Gasteiger partial charge is 0.137 e. The van der Waals surface area contributed by atoms with Crippen molar-refractivity contribution in [1.29, 1.82) is 0 Å². The molecule has 0 fully saturated rings. The molecule has 0 aliphatic heterocycles. The van der Waals surface area contributed by atoms with Gasteiger partial charge in [-0.3, -0.25) is 9.13 Å². The predicted molar refractivity (Wildman–Crippen MR) is 531 cm³/mol. The fourth-order valence-corrected chi connectivity index (χ4v) is 17.6. The van der Waals surface area contributed by atoms with Crippen LogP contribution in [0.3, 0.4) is 0 Å². The van der Waals surface area contributed by atoms with E-state index >= 15 is 0 Å². The zero-order valence-corrected chi connectivity index (χ0v) is 72.0. The molecule has 123 heavy (non-hydrogen) atoms. The number of para-hydroxylation sites is 6. The lowest BCUT2D eigenvalue weighted by Crippen LogP contribution is -2.12. The van der Waals surface area contributed by atoms with Crippen LogP contribution in [0.2, 0.25) is 0 Å². The molecule has 0 aliphatic carbocycles. The number of aromatic nitrogens is 6. The Morgan fingerprint density at radius 2 is 0.626 bits per heavy atom. The maximum absolute atomic E-state index is 6.69. The average molecular weight is 1680 g/mol. The molecule has 0 saturated carbocycles. The lowest BCUT2D eigenvalue weighted by molar-refractivity contribution is 0.483. The third-order valence-corrected chi connectivity index (χ3v) is 23.7. The van der Waals surface area contributed by atoms with E-state index in [-0.39, 0.29) is 36.5 Å². The molecule has 0 radical (unpaired) electrons. The number of halogens is 1. The number of hydrogen-bond acceptors (Lipinski definition) is 6. The van der Waals surface area contributed by atoms with Gasteiger partial charge in [-0.25, -0.2) is 9.97 Å². The van der Waals surface area contributed by atoms with Crippen molar-refractivity contribution in [3.63, 3.8) is 0 Å². The van der Waals surface area contributed by atoms with Gasteiger partial charge in [0.15, 0.2) is 0 Å². The van der Waals surface area contributed by atoms with Gasteiger partial charge in [-0.2, -0.15) is 0 Å². The Morgan fingerprint density at radius 1 is 0.293 bits per heavy atom. The quantitative estimate of drug-likeness (QED) is 0.112. The SMILES string of the molecule is C.C.CC(C)(C)c1cccc2c1[nH]c1c(N)cccc1c1ccccc1c1ccccc21.CC(C)(C)c1ccnc(-n2c3ccccc3c3ccc(Oc4cccc(Br)c4)cc32)c1.CC(C)(C)c1ccnc(-n2c3ccccc3c3ccc(Oc4cccc(Nc5cccc6c5[nH]c5c(C(C)(C)C)cccc5c5ccccc5c5ccccc65)c4)cc32)c1. The number of nitrogens with zero attached hydrogens (tertiary/aromatic N) is 4. The molecule has 5 N–H and O–H groups in total. The maximum Gasteiger partial charge on any atom is 0.137 e.